The molecule has 1 atom stereocenters. The fraction of sp³-hybridized carbons (Fsp3) is 0.250. The number of pyridine rings is 2. The summed E-state index contributed by atoms with van der Waals surface area (Å²) in [6.07, 6.45) is 5.46. The van der Waals surface area contributed by atoms with Crippen LogP contribution in [0.3, 0.4) is 0 Å². The lowest BCUT2D eigenvalue weighted by atomic mass is 9.98. The van der Waals surface area contributed by atoms with E-state index in [1.165, 1.54) is 22.4 Å². The van der Waals surface area contributed by atoms with Crippen molar-refractivity contribution < 1.29 is 9.90 Å². The van der Waals surface area contributed by atoms with Crippen LogP contribution in [0.5, 0.6) is 0 Å². The largest absolute Gasteiger partial charge is 0.481 e. The van der Waals surface area contributed by atoms with Gasteiger partial charge in [-0.2, -0.15) is 0 Å². The molecule has 2 aliphatic rings. The predicted molar refractivity (Wildman–Crippen MR) is 133 cm³/mol. The molecule has 2 aromatic carbocycles. The van der Waals surface area contributed by atoms with Crippen LogP contribution in [0, 0.1) is 5.92 Å². The number of aromatic nitrogens is 2. The molecule has 0 aliphatic carbocycles. The highest BCUT2D eigenvalue weighted by atomic mass is 16.4. The molecule has 4 aromatic rings. The van der Waals surface area contributed by atoms with E-state index in [0.717, 1.165) is 48.3 Å². The SMILES string of the molecule is O=C(O)[C@H]1CCN(Cc2cnc3c(N4CCc5c(-c6ccccc6)cccc54)nccc3c2)C1. The van der Waals surface area contributed by atoms with Crippen LogP contribution in [0.1, 0.15) is 17.5 Å². The number of likely N-dealkylation sites (tertiary alicyclic amines) is 1. The molecule has 0 spiro atoms. The van der Waals surface area contributed by atoms with Gasteiger partial charge in [0.2, 0.25) is 0 Å². The third kappa shape index (κ3) is 3.70. The van der Waals surface area contributed by atoms with Crippen molar-refractivity contribution >= 4 is 28.4 Å². The average Bonchev–Trinajstić information content (AvgIpc) is 3.51. The summed E-state index contributed by atoms with van der Waals surface area (Å²) in [5.41, 5.74) is 7.07. The molecule has 6 rings (SSSR count). The summed E-state index contributed by atoms with van der Waals surface area (Å²) < 4.78 is 0. The number of hydrogen-bond acceptors (Lipinski definition) is 5. The van der Waals surface area contributed by atoms with E-state index in [2.05, 4.69) is 58.3 Å². The van der Waals surface area contributed by atoms with Crippen molar-refractivity contribution in [2.75, 3.05) is 24.5 Å². The van der Waals surface area contributed by atoms with Gasteiger partial charge in [-0.1, -0.05) is 42.5 Å². The van der Waals surface area contributed by atoms with Gasteiger partial charge in [0, 0.05) is 43.1 Å². The molecule has 170 valence electrons. The molecule has 0 unspecified atom stereocenters. The van der Waals surface area contributed by atoms with Gasteiger partial charge in [0.05, 0.1) is 5.92 Å². The zero-order chi connectivity index (χ0) is 23.1. The van der Waals surface area contributed by atoms with E-state index in [4.69, 9.17) is 9.97 Å². The molecular formula is C28H26N4O2. The number of hydrogen-bond donors (Lipinski definition) is 1. The Labute approximate surface area is 198 Å². The van der Waals surface area contributed by atoms with Gasteiger partial charge in [0.25, 0.3) is 0 Å². The topological polar surface area (TPSA) is 69.6 Å². The molecule has 1 fully saturated rings. The van der Waals surface area contributed by atoms with Crippen LogP contribution in [0.4, 0.5) is 11.5 Å². The molecular weight excluding hydrogens is 424 g/mol. The molecule has 0 saturated carbocycles. The van der Waals surface area contributed by atoms with Crippen molar-refractivity contribution in [3.05, 3.63) is 84.2 Å². The normalized spacial score (nSPS) is 17.9. The first kappa shape index (κ1) is 20.8. The van der Waals surface area contributed by atoms with Crippen LogP contribution >= 0.6 is 0 Å². The average molecular weight is 451 g/mol. The number of carboxylic acid groups (broad SMARTS) is 1. The molecule has 0 amide bonds. The maximum absolute atomic E-state index is 11.3. The quantitative estimate of drug-likeness (QED) is 0.467. The number of benzene rings is 2. The van der Waals surface area contributed by atoms with Crippen molar-refractivity contribution in [2.45, 2.75) is 19.4 Å². The third-order valence-corrected chi connectivity index (χ3v) is 7.03. The Bertz CT molecular complexity index is 1370. The molecule has 2 aliphatic heterocycles. The monoisotopic (exact) mass is 450 g/mol. The molecule has 34 heavy (non-hydrogen) atoms. The molecule has 6 nitrogen and oxygen atoms in total. The summed E-state index contributed by atoms with van der Waals surface area (Å²) in [7, 11) is 0. The Morgan fingerprint density at radius 2 is 1.91 bits per heavy atom. The zero-order valence-electron chi connectivity index (χ0n) is 18.9. The Morgan fingerprint density at radius 3 is 2.74 bits per heavy atom. The van der Waals surface area contributed by atoms with Crippen LogP contribution in [-0.2, 0) is 17.8 Å². The number of carbonyl (C=O) groups is 1. The fourth-order valence-corrected chi connectivity index (χ4v) is 5.35. The summed E-state index contributed by atoms with van der Waals surface area (Å²) in [4.78, 5) is 25.3. The van der Waals surface area contributed by atoms with E-state index in [1.807, 2.05) is 24.5 Å². The first-order valence-electron chi connectivity index (χ1n) is 11.8. The van der Waals surface area contributed by atoms with Gasteiger partial charge in [-0.05, 0) is 59.8 Å². The number of anilines is 2. The van der Waals surface area contributed by atoms with Crippen molar-refractivity contribution in [1.82, 2.24) is 14.9 Å². The van der Waals surface area contributed by atoms with E-state index in [0.29, 0.717) is 13.0 Å². The second kappa shape index (κ2) is 8.54. The summed E-state index contributed by atoms with van der Waals surface area (Å²) in [5, 5.41) is 10.3. The Kier molecular flexibility index (Phi) is 5.23. The standard InChI is InChI=1S/C28H26N4O2/c33-28(34)22-10-13-31(18-22)17-19-15-21-9-12-29-27(26(21)30-16-19)32-14-11-24-23(7-4-8-25(24)32)20-5-2-1-3-6-20/h1-9,12,15-16,22H,10-11,13-14,17-18H2,(H,33,34)/t22-/m0/s1. The Balaban J connectivity index is 1.31. The number of fused-ring (bicyclic) bond motifs is 2. The maximum atomic E-state index is 11.3. The summed E-state index contributed by atoms with van der Waals surface area (Å²) in [6.45, 7) is 3.00. The second-order valence-corrected chi connectivity index (χ2v) is 9.18. The maximum Gasteiger partial charge on any atom is 0.307 e. The first-order chi connectivity index (χ1) is 16.7. The lowest BCUT2D eigenvalue weighted by Gasteiger charge is -2.21. The van der Waals surface area contributed by atoms with Gasteiger partial charge in [-0.25, -0.2) is 4.98 Å². The Morgan fingerprint density at radius 1 is 1.03 bits per heavy atom. The highest BCUT2D eigenvalue weighted by molar-refractivity contribution is 5.92. The summed E-state index contributed by atoms with van der Waals surface area (Å²) >= 11 is 0. The van der Waals surface area contributed by atoms with Crippen molar-refractivity contribution in [3.63, 3.8) is 0 Å². The highest BCUT2D eigenvalue weighted by Gasteiger charge is 2.28. The van der Waals surface area contributed by atoms with Gasteiger partial charge < -0.3 is 10.0 Å². The van der Waals surface area contributed by atoms with Gasteiger partial charge >= 0.3 is 5.97 Å². The van der Waals surface area contributed by atoms with Crippen molar-refractivity contribution in [2.24, 2.45) is 5.92 Å². The van der Waals surface area contributed by atoms with Crippen molar-refractivity contribution in [3.8, 4) is 11.1 Å². The molecule has 1 saturated heterocycles. The smallest absolute Gasteiger partial charge is 0.307 e. The van der Waals surface area contributed by atoms with E-state index in [1.54, 1.807) is 0 Å². The molecule has 4 heterocycles. The molecule has 0 bridgehead atoms. The summed E-state index contributed by atoms with van der Waals surface area (Å²) in [5.74, 6) is -0.0727. The van der Waals surface area contributed by atoms with Crippen LogP contribution in [-0.4, -0.2) is 45.6 Å². The lowest BCUT2D eigenvalue weighted by Crippen LogP contribution is -2.22. The zero-order valence-corrected chi connectivity index (χ0v) is 18.9. The van der Waals surface area contributed by atoms with Gasteiger partial charge in [0.1, 0.15) is 5.52 Å². The first-order valence-corrected chi connectivity index (χ1v) is 11.8. The third-order valence-electron chi connectivity index (χ3n) is 7.03. The van der Waals surface area contributed by atoms with Gasteiger partial charge in [0.15, 0.2) is 5.82 Å². The van der Waals surface area contributed by atoms with E-state index >= 15 is 0 Å². The number of aliphatic carboxylic acids is 1. The van der Waals surface area contributed by atoms with E-state index in [9.17, 15) is 9.90 Å². The predicted octanol–water partition coefficient (Wildman–Crippen LogP) is 4.90. The highest BCUT2D eigenvalue weighted by Crippen LogP contribution is 2.40. The van der Waals surface area contributed by atoms with Crippen LogP contribution in [0.2, 0.25) is 0 Å². The molecule has 0 radical (unpaired) electrons. The number of carboxylic acids is 1. The Hall–Kier alpha value is -3.77. The van der Waals surface area contributed by atoms with Crippen molar-refractivity contribution in [1.29, 1.82) is 0 Å². The molecule has 1 N–H and O–H groups in total. The molecule has 6 heteroatoms. The minimum atomic E-state index is -0.698. The molecule has 2 aromatic heterocycles. The van der Waals surface area contributed by atoms with E-state index < -0.39 is 5.97 Å². The minimum Gasteiger partial charge on any atom is -0.481 e. The van der Waals surface area contributed by atoms with Crippen LogP contribution in [0.15, 0.2) is 73.1 Å². The number of rotatable bonds is 5. The lowest BCUT2D eigenvalue weighted by molar-refractivity contribution is -0.141. The minimum absolute atomic E-state index is 0.264. The summed E-state index contributed by atoms with van der Waals surface area (Å²) in [6, 6.07) is 21.2. The second-order valence-electron chi connectivity index (χ2n) is 9.18. The van der Waals surface area contributed by atoms with Gasteiger partial charge in [-0.3, -0.25) is 14.7 Å². The van der Waals surface area contributed by atoms with Gasteiger partial charge in [-0.15, -0.1) is 0 Å². The van der Waals surface area contributed by atoms with Crippen LogP contribution < -0.4 is 4.90 Å². The fourth-order valence-electron chi connectivity index (χ4n) is 5.35. The van der Waals surface area contributed by atoms with Crippen LogP contribution in [0.25, 0.3) is 22.0 Å². The number of nitrogens with zero attached hydrogens (tertiary/aromatic N) is 4. The van der Waals surface area contributed by atoms with E-state index in [-0.39, 0.29) is 5.92 Å².